The Kier molecular flexibility index (Phi) is 6.67. The zero-order valence-electron chi connectivity index (χ0n) is 11.7. The minimum atomic E-state index is 0.173. The summed E-state index contributed by atoms with van der Waals surface area (Å²) in [5.41, 5.74) is 0. The van der Waals surface area contributed by atoms with Crippen LogP contribution in [0.2, 0.25) is 0 Å². The van der Waals surface area contributed by atoms with Crippen LogP contribution in [0.4, 0.5) is 6.01 Å². The van der Waals surface area contributed by atoms with Crippen molar-refractivity contribution in [1.29, 1.82) is 0 Å². The van der Waals surface area contributed by atoms with Gasteiger partial charge in [0.15, 0.2) is 0 Å². The van der Waals surface area contributed by atoms with Gasteiger partial charge in [-0.25, -0.2) is 0 Å². The fourth-order valence-electron chi connectivity index (χ4n) is 1.49. The van der Waals surface area contributed by atoms with E-state index in [4.69, 9.17) is 9.15 Å². The Morgan fingerprint density at radius 3 is 2.72 bits per heavy atom. The van der Waals surface area contributed by atoms with Gasteiger partial charge in [0.2, 0.25) is 5.89 Å². The maximum absolute atomic E-state index is 5.51. The van der Waals surface area contributed by atoms with Crippen LogP contribution < -0.4 is 10.6 Å². The largest absolute Gasteiger partial charge is 0.407 e. The molecule has 0 saturated heterocycles. The fourth-order valence-corrected chi connectivity index (χ4v) is 1.49. The van der Waals surface area contributed by atoms with Gasteiger partial charge in [0.05, 0.1) is 19.2 Å². The first-order chi connectivity index (χ1) is 8.67. The molecule has 18 heavy (non-hydrogen) atoms. The maximum atomic E-state index is 5.51. The Morgan fingerprint density at radius 2 is 2.11 bits per heavy atom. The van der Waals surface area contributed by atoms with E-state index in [2.05, 4.69) is 41.6 Å². The molecule has 0 amide bonds. The minimum absolute atomic E-state index is 0.173. The summed E-state index contributed by atoms with van der Waals surface area (Å²) in [6.07, 6.45) is 1.09. The number of nitrogens with zero attached hydrogens (tertiary/aromatic N) is 2. The molecule has 0 aliphatic rings. The van der Waals surface area contributed by atoms with Crippen molar-refractivity contribution in [3.63, 3.8) is 0 Å². The van der Waals surface area contributed by atoms with Gasteiger partial charge in [0, 0.05) is 7.11 Å². The van der Waals surface area contributed by atoms with E-state index < -0.39 is 0 Å². The lowest BCUT2D eigenvalue weighted by Gasteiger charge is -2.19. The minimum Gasteiger partial charge on any atom is -0.407 e. The van der Waals surface area contributed by atoms with Gasteiger partial charge in [0.25, 0.3) is 0 Å². The van der Waals surface area contributed by atoms with Crippen molar-refractivity contribution in [3.05, 3.63) is 5.89 Å². The van der Waals surface area contributed by atoms with Gasteiger partial charge in [-0.2, -0.15) is 0 Å². The predicted molar refractivity (Wildman–Crippen MR) is 70.4 cm³/mol. The molecule has 104 valence electrons. The molecule has 1 atom stereocenters. The fraction of sp³-hybridized carbons (Fsp3) is 0.833. The summed E-state index contributed by atoms with van der Waals surface area (Å²) in [5.74, 6) is 1.03. The molecule has 0 bridgehead atoms. The smallest absolute Gasteiger partial charge is 0.315 e. The van der Waals surface area contributed by atoms with Gasteiger partial charge in [-0.3, -0.25) is 0 Å². The van der Waals surface area contributed by atoms with E-state index in [0.29, 0.717) is 31.0 Å². The summed E-state index contributed by atoms with van der Waals surface area (Å²) in [6.45, 7) is 8.53. The number of ether oxygens (including phenoxy) is 1. The van der Waals surface area contributed by atoms with Gasteiger partial charge in [-0.05, 0) is 18.9 Å². The predicted octanol–water partition coefficient (Wildman–Crippen LogP) is 1.65. The number of nitrogens with one attached hydrogen (secondary N) is 2. The van der Waals surface area contributed by atoms with E-state index in [0.717, 1.165) is 13.0 Å². The number of anilines is 1. The van der Waals surface area contributed by atoms with Crippen LogP contribution in [0.25, 0.3) is 0 Å². The van der Waals surface area contributed by atoms with Crippen LogP contribution in [0.5, 0.6) is 0 Å². The average Bonchev–Trinajstić information content (AvgIpc) is 2.76. The molecule has 0 aromatic carbocycles. The molecule has 0 aliphatic heterocycles. The highest BCUT2D eigenvalue weighted by Crippen LogP contribution is 2.11. The molecule has 6 nitrogen and oxygen atoms in total. The van der Waals surface area contributed by atoms with E-state index in [-0.39, 0.29) is 6.04 Å². The summed E-state index contributed by atoms with van der Waals surface area (Å²) in [6, 6.07) is 0.631. The molecule has 1 aromatic heterocycles. The second kappa shape index (κ2) is 8.05. The Morgan fingerprint density at radius 1 is 1.33 bits per heavy atom. The highest BCUT2D eigenvalue weighted by Gasteiger charge is 2.16. The average molecular weight is 256 g/mol. The maximum Gasteiger partial charge on any atom is 0.315 e. The van der Waals surface area contributed by atoms with Crippen molar-refractivity contribution in [2.75, 3.05) is 25.6 Å². The molecule has 0 radical (unpaired) electrons. The lowest BCUT2D eigenvalue weighted by atomic mass is 10.1. The molecule has 1 heterocycles. The molecule has 2 N–H and O–H groups in total. The zero-order chi connectivity index (χ0) is 13.4. The Bertz CT molecular complexity index is 328. The van der Waals surface area contributed by atoms with Crippen LogP contribution in [-0.2, 0) is 11.3 Å². The van der Waals surface area contributed by atoms with Gasteiger partial charge in [-0.1, -0.05) is 25.9 Å². The van der Waals surface area contributed by atoms with Crippen LogP contribution >= 0.6 is 0 Å². The van der Waals surface area contributed by atoms with Crippen LogP contribution in [0.3, 0.4) is 0 Å². The first kappa shape index (κ1) is 14.9. The third-order valence-electron chi connectivity index (χ3n) is 2.63. The first-order valence-electron chi connectivity index (χ1n) is 6.46. The van der Waals surface area contributed by atoms with Crippen LogP contribution in [0.1, 0.15) is 33.1 Å². The normalized spacial score (nSPS) is 12.9. The second-order valence-corrected chi connectivity index (χ2v) is 4.63. The molecule has 6 heteroatoms. The van der Waals surface area contributed by atoms with Gasteiger partial charge >= 0.3 is 6.01 Å². The highest BCUT2D eigenvalue weighted by atomic mass is 16.5. The van der Waals surface area contributed by atoms with Crippen molar-refractivity contribution in [1.82, 2.24) is 15.5 Å². The monoisotopic (exact) mass is 256 g/mol. The first-order valence-corrected chi connectivity index (χ1v) is 6.46. The molecule has 1 aromatic rings. The third kappa shape index (κ3) is 5.01. The van der Waals surface area contributed by atoms with E-state index in [1.165, 1.54) is 0 Å². The van der Waals surface area contributed by atoms with Crippen molar-refractivity contribution in [3.8, 4) is 0 Å². The standard InChI is InChI=1S/C12H24N4O2/c1-5-6-13-7-11-15-16-12(18-11)14-10(8-17-4)9(2)3/h9-10,13H,5-8H2,1-4H3,(H,14,16). The van der Waals surface area contributed by atoms with Crippen LogP contribution in [0, 0.1) is 5.92 Å². The molecule has 0 saturated carbocycles. The van der Waals surface area contributed by atoms with Crippen molar-refractivity contribution in [2.45, 2.75) is 39.8 Å². The van der Waals surface area contributed by atoms with Gasteiger partial charge < -0.3 is 19.8 Å². The highest BCUT2D eigenvalue weighted by molar-refractivity contribution is 5.19. The summed E-state index contributed by atoms with van der Waals surface area (Å²) >= 11 is 0. The molecular formula is C12H24N4O2. The van der Waals surface area contributed by atoms with E-state index in [1.807, 2.05) is 0 Å². The van der Waals surface area contributed by atoms with Crippen molar-refractivity contribution >= 4 is 6.01 Å². The number of rotatable bonds is 9. The van der Waals surface area contributed by atoms with Crippen LogP contribution in [-0.4, -0.2) is 36.5 Å². The quantitative estimate of drug-likeness (QED) is 0.655. The van der Waals surface area contributed by atoms with E-state index in [1.54, 1.807) is 7.11 Å². The molecule has 1 rings (SSSR count). The summed E-state index contributed by atoms with van der Waals surface area (Å²) in [4.78, 5) is 0. The number of hydrogen-bond acceptors (Lipinski definition) is 6. The lowest BCUT2D eigenvalue weighted by Crippen LogP contribution is -2.30. The second-order valence-electron chi connectivity index (χ2n) is 4.63. The molecule has 1 unspecified atom stereocenters. The topological polar surface area (TPSA) is 72.2 Å². The van der Waals surface area contributed by atoms with E-state index in [9.17, 15) is 0 Å². The molecule has 0 fully saturated rings. The Labute approximate surface area is 108 Å². The zero-order valence-corrected chi connectivity index (χ0v) is 11.7. The molecule has 0 aliphatic carbocycles. The Balaban J connectivity index is 2.46. The molecular weight excluding hydrogens is 232 g/mol. The van der Waals surface area contributed by atoms with Crippen molar-refractivity contribution in [2.24, 2.45) is 5.92 Å². The van der Waals surface area contributed by atoms with Gasteiger partial charge in [-0.15, -0.1) is 5.10 Å². The van der Waals surface area contributed by atoms with Crippen LogP contribution in [0.15, 0.2) is 4.42 Å². The summed E-state index contributed by atoms with van der Waals surface area (Å²) in [5, 5.41) is 14.4. The van der Waals surface area contributed by atoms with E-state index >= 15 is 0 Å². The SMILES string of the molecule is CCCNCc1nnc(NC(COC)C(C)C)o1. The van der Waals surface area contributed by atoms with Gasteiger partial charge in [0.1, 0.15) is 0 Å². The third-order valence-corrected chi connectivity index (χ3v) is 2.63. The molecule has 0 spiro atoms. The number of hydrogen-bond donors (Lipinski definition) is 2. The summed E-state index contributed by atoms with van der Waals surface area (Å²) < 4.78 is 10.7. The Hall–Kier alpha value is -1.14. The number of aromatic nitrogens is 2. The lowest BCUT2D eigenvalue weighted by molar-refractivity contribution is 0.170. The number of methoxy groups -OCH3 is 1. The van der Waals surface area contributed by atoms with Crippen molar-refractivity contribution < 1.29 is 9.15 Å². The summed E-state index contributed by atoms with van der Waals surface area (Å²) in [7, 11) is 1.69.